The number of aromatic nitrogens is 6. The Morgan fingerprint density at radius 3 is 0.926 bits per heavy atom. The maximum absolute atomic E-state index is 6.57. The SMILES string of the molecule is CC(C)(C)c1cc2c3c(c1)Oc1ccc(-c4nc5ccccc5s4)[c-]c1B3c1[c-]c(Oc3ccccn3)ccc1O2.CC(C)c1cc2c3c(c1)Oc1ccc(-c4nc5ccccc5s4)[c-]c1B3c1[c-]c(Oc3ccccn3)ccc1O2.[Pt+2].[Pt+2].[Pt+2].[c-]1c(Oc2ccccn2)ccc2c1B1c3[c-]c(-c4nc5ccccc5s4)ccc3Oc3cccc(c31)O2. The summed E-state index contributed by atoms with van der Waals surface area (Å²) in [6, 6.07) is 101. The fourth-order valence-electron chi connectivity index (χ4n) is 15.7. The molecule has 12 heterocycles. The molecule has 0 radical (unpaired) electrons. The molecule has 0 fully saturated rings. The van der Waals surface area contributed by atoms with Crippen LogP contribution in [0.1, 0.15) is 51.7 Å². The van der Waals surface area contributed by atoms with Crippen LogP contribution in [0.4, 0.5) is 0 Å². The van der Waals surface area contributed by atoms with Crippen LogP contribution in [0.2, 0.25) is 0 Å². The predicted octanol–water partition coefficient (Wildman–Crippen LogP) is 18.8. The van der Waals surface area contributed by atoms with Gasteiger partial charge < -0.3 is 42.6 Å². The van der Waals surface area contributed by atoms with Crippen LogP contribution in [-0.4, -0.2) is 50.0 Å². The molecule has 0 aliphatic carbocycles. The number of para-hydroxylation sites is 3. The topological polar surface area (TPSA) is 160 Å². The quantitative estimate of drug-likeness (QED) is 0.0939. The number of hydrogen-bond donors (Lipinski definition) is 0. The number of pyridine rings is 3. The largest absolute Gasteiger partial charge is 2.00 e. The van der Waals surface area contributed by atoms with Crippen LogP contribution >= 0.6 is 34.0 Å². The van der Waals surface area contributed by atoms with Crippen LogP contribution in [0.15, 0.2) is 261 Å². The van der Waals surface area contributed by atoms with E-state index in [0.717, 1.165) is 192 Å². The van der Waals surface area contributed by atoms with Gasteiger partial charge in [-0.1, -0.05) is 95.3 Å². The predicted molar refractivity (Wildman–Crippen MR) is 467 cm³/mol. The Labute approximate surface area is 753 Å². The Hall–Kier alpha value is -11.8. The van der Waals surface area contributed by atoms with Crippen molar-refractivity contribution in [1.29, 1.82) is 0 Å². The number of rotatable bonds is 10. The Morgan fingerprint density at radius 2 is 0.612 bits per heavy atom. The van der Waals surface area contributed by atoms with Gasteiger partial charge in [0.05, 0.1) is 16.6 Å². The fraction of sp³-hybridized carbons (Fsp3) is 0.0722. The average molecular weight is 2170 g/mol. The molecule has 24 rings (SSSR count). The van der Waals surface area contributed by atoms with Crippen LogP contribution in [-0.2, 0) is 68.6 Å². The first kappa shape index (κ1) is 79.0. The third kappa shape index (κ3) is 14.8. The summed E-state index contributed by atoms with van der Waals surface area (Å²) in [6.07, 6.45) is 5.12. The summed E-state index contributed by atoms with van der Waals surface area (Å²) >= 11 is 4.99. The van der Waals surface area contributed by atoms with Gasteiger partial charge in [-0.2, -0.15) is 34.0 Å². The van der Waals surface area contributed by atoms with Crippen molar-refractivity contribution < 1.29 is 106 Å². The minimum atomic E-state index is -0.205. The van der Waals surface area contributed by atoms with Gasteiger partial charge in [-0.05, 0) is 113 Å². The number of benzene rings is 12. The summed E-state index contributed by atoms with van der Waals surface area (Å²) in [7, 11) is 0. The van der Waals surface area contributed by atoms with Gasteiger partial charge in [0.2, 0.25) is 37.8 Å². The van der Waals surface area contributed by atoms with E-state index in [1.165, 1.54) is 0 Å². The van der Waals surface area contributed by atoms with E-state index in [4.69, 9.17) is 57.6 Å². The smallest absolute Gasteiger partial charge is 0.518 e. The zero-order valence-electron chi connectivity index (χ0n) is 64.7. The standard InChI is InChI=1S/C34H23BN2O3S.C33H21BN2O3S.C30H15BN2O3S.3Pt/c1-34(2,3)21-17-28-32-29(18-21)40-27-14-12-22(38-31-10-6-7-15-36-31)19-24(27)35(32)23-16-20(11-13-26(23)39-28)33-37-25-8-4-5-9-30(25)41-33;1-19(2)21-16-28-32-29(17-21)39-27-13-11-22(37-31-9-5-6-14-35-31)18-24(27)34(32)23-15-20(10-12-26(23)38-28)33-36-25-7-3-4-8-30(25)40-33;1-2-9-27-22(6-1)33-30(37-27)18-11-13-23-20(16-18)31-21-17-19(34-28-10-3-4-15-32-28)12-14-24(21)36-26-8-5-7-25(35-23)29(26)31;;;/h4-15,17-18H,1-3H3;3-14,16-17,19H,1-2H3;1-15H;;;/q3*-2;3*+2. The third-order valence-corrected chi connectivity index (χ3v) is 24.6. The molecule has 0 amide bonds. The van der Waals surface area contributed by atoms with Gasteiger partial charge in [0, 0.05) is 134 Å². The van der Waals surface area contributed by atoms with Crippen molar-refractivity contribution in [3.05, 3.63) is 309 Å². The van der Waals surface area contributed by atoms with Crippen LogP contribution < -0.4 is 91.8 Å². The van der Waals surface area contributed by atoms with E-state index in [9.17, 15) is 0 Å². The molecule has 0 bridgehead atoms. The van der Waals surface area contributed by atoms with Crippen molar-refractivity contribution >= 4 is 134 Å². The number of thiazole rings is 3. The van der Waals surface area contributed by atoms with Crippen LogP contribution in [0.5, 0.6) is 104 Å². The Kier molecular flexibility index (Phi) is 21.1. The summed E-state index contributed by atoms with van der Waals surface area (Å²) in [6.45, 7) is 10.3. The van der Waals surface area contributed by atoms with Gasteiger partial charge >= 0.3 is 63.2 Å². The molecule has 6 aliphatic heterocycles. The van der Waals surface area contributed by atoms with E-state index >= 15 is 0 Å². The first-order chi connectivity index (χ1) is 57.8. The van der Waals surface area contributed by atoms with E-state index in [-0.39, 0.29) is 88.7 Å². The van der Waals surface area contributed by atoms with Crippen LogP contribution in [0.25, 0.3) is 62.4 Å². The fourth-order valence-corrected chi connectivity index (χ4v) is 18.5. The van der Waals surface area contributed by atoms with Gasteiger partial charge in [0.1, 0.15) is 34.5 Å². The number of ether oxygens (including phenoxy) is 9. The minimum absolute atomic E-state index is 0. The summed E-state index contributed by atoms with van der Waals surface area (Å²) in [4.78, 5) is 27.5. The normalized spacial score (nSPS) is 12.6. The summed E-state index contributed by atoms with van der Waals surface area (Å²) < 4.78 is 60.3. The number of fused-ring (bicyclic) bond motifs is 15. The van der Waals surface area contributed by atoms with Gasteiger partial charge in [-0.25, -0.2) is 15.0 Å². The van der Waals surface area contributed by atoms with Crippen molar-refractivity contribution in [2.75, 3.05) is 0 Å². The summed E-state index contributed by atoms with van der Waals surface area (Å²) in [5.41, 5.74) is 16.3. The maximum Gasteiger partial charge on any atom is 2.00 e. The van der Waals surface area contributed by atoms with Crippen molar-refractivity contribution in [3.8, 4) is 136 Å². The molecule has 588 valence electrons. The van der Waals surface area contributed by atoms with Crippen molar-refractivity contribution in [3.63, 3.8) is 0 Å². The molecule has 6 aromatic heterocycles. The molecule has 0 saturated heterocycles. The second-order valence-electron chi connectivity index (χ2n) is 30.3. The first-order valence-electron chi connectivity index (χ1n) is 38.6. The van der Waals surface area contributed by atoms with Crippen molar-refractivity contribution in [1.82, 2.24) is 29.9 Å². The van der Waals surface area contributed by atoms with E-state index in [1.807, 2.05) is 200 Å². The van der Waals surface area contributed by atoms with Crippen LogP contribution in [0, 0.1) is 36.4 Å². The van der Waals surface area contributed by atoms with E-state index in [1.54, 1.807) is 52.6 Å². The van der Waals surface area contributed by atoms with Crippen molar-refractivity contribution in [2.24, 2.45) is 0 Å². The van der Waals surface area contributed by atoms with E-state index < -0.39 is 0 Å². The zero-order chi connectivity index (χ0) is 78.9. The van der Waals surface area contributed by atoms with Gasteiger partial charge in [-0.3, -0.25) is 15.0 Å². The molecule has 6 aliphatic rings. The number of nitrogens with zero attached hydrogens (tertiary/aromatic N) is 6. The molecule has 0 unspecified atom stereocenters. The second-order valence-corrected chi connectivity index (χ2v) is 33.4. The zero-order valence-corrected chi connectivity index (χ0v) is 73.9. The summed E-state index contributed by atoms with van der Waals surface area (Å²) in [5, 5.41) is 2.77. The molecule has 12 aromatic carbocycles. The van der Waals surface area contributed by atoms with Gasteiger partial charge in [0.25, 0.3) is 0 Å². The molecule has 0 saturated carbocycles. The van der Waals surface area contributed by atoms with Gasteiger partial charge in [0.15, 0.2) is 0 Å². The summed E-state index contributed by atoms with van der Waals surface area (Å²) in [5.74, 6) is 12.8. The Morgan fingerprint density at radius 1 is 0.314 bits per heavy atom. The molecular weight excluding hydrogens is 2110 g/mol. The Balaban J connectivity index is 0.000000118. The third-order valence-electron chi connectivity index (χ3n) is 21.4. The second kappa shape index (κ2) is 32.3. The van der Waals surface area contributed by atoms with Gasteiger partial charge in [-0.15, -0.1) is 159 Å². The first-order valence-corrected chi connectivity index (χ1v) is 41.0. The molecule has 0 spiro atoms. The number of hydrogen-bond acceptors (Lipinski definition) is 18. The maximum atomic E-state index is 6.57. The molecule has 0 N–H and O–H groups in total. The molecule has 15 nitrogen and oxygen atoms in total. The Bertz CT molecular complexity index is 6960. The van der Waals surface area contributed by atoms with E-state index in [2.05, 4.69) is 128 Å². The van der Waals surface area contributed by atoms with E-state index in [0.29, 0.717) is 40.8 Å². The molecule has 0 atom stereocenters. The van der Waals surface area contributed by atoms with Crippen LogP contribution in [0.3, 0.4) is 0 Å². The molecule has 121 heavy (non-hydrogen) atoms. The average Bonchev–Trinajstić information content (AvgIpc) is 0.784. The molecule has 24 heteroatoms. The molecule has 18 aromatic rings. The van der Waals surface area contributed by atoms with Crippen molar-refractivity contribution in [2.45, 2.75) is 46.0 Å². The monoisotopic (exact) mass is 2170 g/mol. The molecular formula is C97H59B3N6O9Pt3S3. The minimum Gasteiger partial charge on any atom is -0.518 e.